The first-order valence-electron chi connectivity index (χ1n) is 2.98. The van der Waals surface area contributed by atoms with Gasteiger partial charge in [-0.2, -0.15) is 10.2 Å². The van der Waals surface area contributed by atoms with Crippen LogP contribution in [0.4, 0.5) is 0 Å². The monoisotopic (exact) mass is 154 g/mol. The summed E-state index contributed by atoms with van der Waals surface area (Å²) in [5.41, 5.74) is 1.05. The van der Waals surface area contributed by atoms with Crippen molar-refractivity contribution < 1.29 is 0 Å². The average Bonchev–Trinajstić information content (AvgIpc) is 2.59. The lowest BCUT2D eigenvalue weighted by Crippen LogP contribution is -1.93. The van der Waals surface area contributed by atoms with Crippen LogP contribution in [0.25, 0.3) is 0 Å². The molecular weight excluding hydrogens is 148 g/mol. The van der Waals surface area contributed by atoms with Crippen molar-refractivity contribution in [2.24, 2.45) is 9.63 Å². The number of aromatic amines is 1. The second kappa shape index (κ2) is 2.42. The highest BCUT2D eigenvalue weighted by atomic mass is 32.2. The fourth-order valence-corrected chi connectivity index (χ4v) is 1.47. The van der Waals surface area contributed by atoms with Crippen LogP contribution in [0.3, 0.4) is 0 Å². The Hall–Kier alpha value is -0.840. The van der Waals surface area contributed by atoms with Gasteiger partial charge in [0.15, 0.2) is 0 Å². The van der Waals surface area contributed by atoms with Crippen molar-refractivity contribution >= 4 is 11.9 Å². The molecule has 5 heteroatoms. The van der Waals surface area contributed by atoms with Gasteiger partial charge in [0.1, 0.15) is 6.04 Å². The van der Waals surface area contributed by atoms with Crippen molar-refractivity contribution in [3.05, 3.63) is 18.0 Å². The molecule has 1 N–H and O–H groups in total. The molecule has 1 aromatic heterocycles. The van der Waals surface area contributed by atoms with E-state index in [4.69, 9.17) is 0 Å². The van der Waals surface area contributed by atoms with Crippen molar-refractivity contribution in [2.45, 2.75) is 6.04 Å². The summed E-state index contributed by atoms with van der Waals surface area (Å²) < 4.78 is 3.81. The zero-order valence-electron chi connectivity index (χ0n) is 5.19. The molecule has 52 valence electrons. The summed E-state index contributed by atoms with van der Waals surface area (Å²) in [6.45, 7) is 0. The summed E-state index contributed by atoms with van der Waals surface area (Å²) in [7, 11) is 0. The van der Waals surface area contributed by atoms with Gasteiger partial charge in [-0.1, -0.05) is 0 Å². The maximum atomic E-state index is 3.99. The van der Waals surface area contributed by atoms with Gasteiger partial charge in [-0.3, -0.25) is 5.10 Å². The highest BCUT2D eigenvalue weighted by molar-refractivity contribution is 7.98. The Morgan fingerprint density at radius 3 is 3.30 bits per heavy atom. The van der Waals surface area contributed by atoms with Gasteiger partial charge < -0.3 is 0 Å². The molecule has 1 aliphatic rings. The van der Waals surface area contributed by atoms with E-state index in [2.05, 4.69) is 19.8 Å². The predicted molar refractivity (Wildman–Crippen MR) is 38.6 cm³/mol. The zero-order chi connectivity index (χ0) is 6.81. The summed E-state index contributed by atoms with van der Waals surface area (Å²) in [6, 6.07) is 2.13. The Morgan fingerprint density at radius 2 is 2.70 bits per heavy atom. The molecule has 0 aromatic carbocycles. The topological polar surface area (TPSA) is 53.4 Å². The zero-order valence-corrected chi connectivity index (χ0v) is 6.01. The molecule has 0 radical (unpaired) electrons. The second-order valence-electron chi connectivity index (χ2n) is 2.02. The fraction of sp³-hybridized carbons (Fsp3) is 0.400. The van der Waals surface area contributed by atoms with Crippen LogP contribution >= 0.6 is 11.9 Å². The molecule has 4 nitrogen and oxygen atoms in total. The number of nitrogens with one attached hydrogen (secondary N) is 1. The molecule has 1 atom stereocenters. The van der Waals surface area contributed by atoms with Crippen LogP contribution in [-0.2, 0) is 0 Å². The lowest BCUT2D eigenvalue weighted by molar-refractivity contribution is 0.772. The molecule has 0 spiro atoms. The van der Waals surface area contributed by atoms with Crippen LogP contribution in [0.15, 0.2) is 21.9 Å². The number of nitrogens with zero attached hydrogens (tertiary/aromatic N) is 3. The van der Waals surface area contributed by atoms with Gasteiger partial charge in [-0.25, -0.2) is 0 Å². The Morgan fingerprint density at radius 1 is 1.70 bits per heavy atom. The molecule has 0 aliphatic carbocycles. The molecule has 2 rings (SSSR count). The van der Waals surface area contributed by atoms with Crippen LogP contribution in [0.1, 0.15) is 11.7 Å². The summed E-state index contributed by atoms with van der Waals surface area (Å²) in [4.78, 5) is 0. The minimum Gasteiger partial charge on any atom is -0.280 e. The van der Waals surface area contributed by atoms with Crippen LogP contribution in [0.5, 0.6) is 0 Å². The normalized spacial score (nSPS) is 23.8. The summed E-state index contributed by atoms with van der Waals surface area (Å²) in [5, 5.41) is 10.7. The first kappa shape index (κ1) is 5.91. The third kappa shape index (κ3) is 0.923. The Kier molecular flexibility index (Phi) is 1.43. The maximum absolute atomic E-state index is 3.99. The van der Waals surface area contributed by atoms with E-state index in [1.54, 1.807) is 6.20 Å². The molecule has 1 unspecified atom stereocenters. The van der Waals surface area contributed by atoms with E-state index in [0.717, 1.165) is 11.4 Å². The van der Waals surface area contributed by atoms with Gasteiger partial charge in [0.25, 0.3) is 0 Å². The lowest BCUT2D eigenvalue weighted by atomic mass is 10.2. The van der Waals surface area contributed by atoms with Gasteiger partial charge in [0, 0.05) is 11.9 Å². The summed E-state index contributed by atoms with van der Waals surface area (Å²) in [6.07, 6.45) is 1.73. The highest BCUT2D eigenvalue weighted by Crippen LogP contribution is 2.28. The number of aromatic nitrogens is 2. The molecule has 0 amide bonds. The molecular formula is C5H6N4S. The van der Waals surface area contributed by atoms with E-state index in [1.807, 2.05) is 6.07 Å². The van der Waals surface area contributed by atoms with Crippen molar-refractivity contribution in [1.29, 1.82) is 0 Å². The molecule has 2 heterocycles. The van der Waals surface area contributed by atoms with Crippen molar-refractivity contribution in [1.82, 2.24) is 10.2 Å². The van der Waals surface area contributed by atoms with Gasteiger partial charge in [-0.05, 0) is 18.0 Å². The Bertz CT molecular complexity index is 230. The quantitative estimate of drug-likeness (QED) is 0.624. The maximum Gasteiger partial charge on any atom is 0.124 e. The van der Waals surface area contributed by atoms with Gasteiger partial charge in [0.05, 0.1) is 5.69 Å². The molecule has 0 fully saturated rings. The first-order valence-corrected chi connectivity index (χ1v) is 3.92. The lowest BCUT2D eigenvalue weighted by Gasteiger charge is -1.96. The predicted octanol–water partition coefficient (Wildman–Crippen LogP) is 1.56. The number of H-pyrrole nitrogens is 1. The molecule has 0 saturated heterocycles. The molecule has 1 aromatic rings. The van der Waals surface area contributed by atoms with Crippen molar-refractivity contribution in [3.8, 4) is 0 Å². The third-order valence-corrected chi connectivity index (χ3v) is 2.03. The largest absolute Gasteiger partial charge is 0.280 e. The number of hydrogen-bond acceptors (Lipinski definition) is 4. The summed E-state index contributed by atoms with van der Waals surface area (Å²) in [5.74, 6) is 0.933. The molecule has 10 heavy (non-hydrogen) atoms. The molecule has 0 saturated carbocycles. The minimum absolute atomic E-state index is 0.201. The molecule has 0 bridgehead atoms. The number of hydrogen-bond donors (Lipinski definition) is 1. The van der Waals surface area contributed by atoms with Crippen molar-refractivity contribution in [2.75, 3.05) is 5.75 Å². The van der Waals surface area contributed by atoms with Crippen LogP contribution in [0.2, 0.25) is 0 Å². The average molecular weight is 154 g/mol. The van der Waals surface area contributed by atoms with E-state index in [0.29, 0.717) is 0 Å². The third-order valence-electron chi connectivity index (χ3n) is 1.36. The van der Waals surface area contributed by atoms with Gasteiger partial charge >= 0.3 is 0 Å². The van der Waals surface area contributed by atoms with Crippen LogP contribution < -0.4 is 0 Å². The van der Waals surface area contributed by atoms with E-state index >= 15 is 0 Å². The van der Waals surface area contributed by atoms with E-state index < -0.39 is 0 Å². The smallest absolute Gasteiger partial charge is 0.124 e. The standard InChI is InChI=1S/C5H6N4S/c1-2-6-7-4(1)5-3-10-9-8-5/h1-2,5H,3H2,(H,6,7). The SMILES string of the molecule is c1cc(C2CSN=N2)[nH]n1. The second-order valence-corrected chi connectivity index (χ2v) is 2.78. The fourth-order valence-electron chi connectivity index (χ4n) is 0.832. The highest BCUT2D eigenvalue weighted by Gasteiger charge is 2.15. The van der Waals surface area contributed by atoms with Crippen LogP contribution in [-0.4, -0.2) is 16.0 Å². The van der Waals surface area contributed by atoms with E-state index in [9.17, 15) is 0 Å². The van der Waals surface area contributed by atoms with Gasteiger partial charge in [-0.15, -0.1) is 4.52 Å². The van der Waals surface area contributed by atoms with Crippen LogP contribution in [0, 0.1) is 0 Å². The number of rotatable bonds is 1. The Balaban J connectivity index is 2.20. The van der Waals surface area contributed by atoms with E-state index in [1.165, 1.54) is 11.9 Å². The summed E-state index contributed by atoms with van der Waals surface area (Å²) >= 11 is 1.49. The van der Waals surface area contributed by atoms with E-state index in [-0.39, 0.29) is 6.04 Å². The van der Waals surface area contributed by atoms with Gasteiger partial charge in [0.2, 0.25) is 0 Å². The minimum atomic E-state index is 0.201. The Labute approximate surface area is 62.3 Å². The molecule has 1 aliphatic heterocycles. The van der Waals surface area contributed by atoms with Crippen molar-refractivity contribution in [3.63, 3.8) is 0 Å². The first-order chi connectivity index (χ1) is 4.97.